The van der Waals surface area contributed by atoms with Crippen molar-refractivity contribution in [1.82, 2.24) is 0 Å². The van der Waals surface area contributed by atoms with Gasteiger partial charge in [-0.25, -0.2) is 4.79 Å². The maximum Gasteiger partial charge on any atom is 0.341 e. The van der Waals surface area contributed by atoms with E-state index < -0.39 is 5.97 Å². The van der Waals surface area contributed by atoms with Crippen molar-refractivity contribution in [3.8, 4) is 16.9 Å². The number of carbonyl (C=O) groups is 2. The average molecular weight is 416 g/mol. The van der Waals surface area contributed by atoms with Crippen LogP contribution in [-0.4, -0.2) is 25.1 Å². The van der Waals surface area contributed by atoms with Crippen LogP contribution in [0.1, 0.15) is 62.7 Å². The summed E-state index contributed by atoms with van der Waals surface area (Å²) < 4.78 is 10.8. The number of ether oxygens (including phenoxy) is 2. The second kappa shape index (κ2) is 10.4. The van der Waals surface area contributed by atoms with Crippen LogP contribution in [0.2, 0.25) is 0 Å². The Kier molecular flexibility index (Phi) is 7.69. The van der Waals surface area contributed by atoms with Gasteiger partial charge in [0.1, 0.15) is 16.3 Å². The van der Waals surface area contributed by atoms with Crippen molar-refractivity contribution in [2.45, 2.75) is 52.4 Å². The van der Waals surface area contributed by atoms with Gasteiger partial charge in [0.15, 0.2) is 0 Å². The van der Waals surface area contributed by atoms with Gasteiger partial charge in [0.25, 0.3) is 0 Å². The van der Waals surface area contributed by atoms with Gasteiger partial charge in [-0.05, 0) is 50.3 Å². The number of hydrogen-bond donors (Lipinski definition) is 1. The molecule has 0 radical (unpaired) electrons. The highest BCUT2D eigenvalue weighted by Crippen LogP contribution is 2.37. The van der Waals surface area contributed by atoms with Gasteiger partial charge in [0.05, 0.1) is 13.2 Å². The first-order valence-corrected chi connectivity index (χ1v) is 11.3. The number of anilines is 1. The number of nitrogens with one attached hydrogen (secondary N) is 1. The fourth-order valence-corrected chi connectivity index (χ4v) is 4.77. The smallest absolute Gasteiger partial charge is 0.341 e. The Bertz CT molecular complexity index is 822. The van der Waals surface area contributed by atoms with Crippen LogP contribution in [0, 0.1) is 5.92 Å². The largest absolute Gasteiger partial charge is 0.494 e. The van der Waals surface area contributed by atoms with E-state index in [1.807, 2.05) is 36.6 Å². The van der Waals surface area contributed by atoms with Gasteiger partial charge in [0.2, 0.25) is 5.91 Å². The van der Waals surface area contributed by atoms with E-state index in [0.29, 0.717) is 29.5 Å². The number of carbonyl (C=O) groups excluding carboxylic acids is 2. The Morgan fingerprint density at radius 2 is 1.79 bits per heavy atom. The molecule has 156 valence electrons. The van der Waals surface area contributed by atoms with E-state index in [-0.39, 0.29) is 12.5 Å². The SMILES string of the molecule is CCOC(=O)c1c(-c2ccc(OCC)cc2)csc1NC(=O)CC1CCCCC1. The van der Waals surface area contributed by atoms with Crippen molar-refractivity contribution in [3.63, 3.8) is 0 Å². The van der Waals surface area contributed by atoms with Crippen LogP contribution in [-0.2, 0) is 9.53 Å². The standard InChI is InChI=1S/C23H29NO4S/c1-3-27-18-12-10-17(11-13-18)19-15-29-22(21(19)23(26)28-4-2)24-20(25)14-16-8-6-5-7-9-16/h10-13,15-16H,3-9,14H2,1-2H3,(H,24,25). The lowest BCUT2D eigenvalue weighted by atomic mass is 9.87. The highest BCUT2D eigenvalue weighted by Gasteiger charge is 2.24. The highest BCUT2D eigenvalue weighted by atomic mass is 32.1. The molecule has 1 aliphatic carbocycles. The van der Waals surface area contributed by atoms with Crippen molar-refractivity contribution in [2.75, 3.05) is 18.5 Å². The molecule has 0 spiro atoms. The molecule has 0 atom stereocenters. The maximum atomic E-state index is 12.7. The minimum atomic E-state index is -0.411. The zero-order chi connectivity index (χ0) is 20.6. The first-order valence-electron chi connectivity index (χ1n) is 10.4. The fourth-order valence-electron chi connectivity index (χ4n) is 3.80. The summed E-state index contributed by atoms with van der Waals surface area (Å²) in [5.74, 6) is 0.790. The summed E-state index contributed by atoms with van der Waals surface area (Å²) in [5, 5.41) is 5.44. The molecular formula is C23H29NO4S. The highest BCUT2D eigenvalue weighted by molar-refractivity contribution is 7.15. The molecule has 1 aliphatic rings. The first kappa shape index (κ1) is 21.4. The monoisotopic (exact) mass is 415 g/mol. The number of thiophene rings is 1. The van der Waals surface area contributed by atoms with E-state index in [4.69, 9.17) is 9.47 Å². The second-order valence-corrected chi connectivity index (χ2v) is 8.17. The van der Waals surface area contributed by atoms with Crippen LogP contribution in [0.3, 0.4) is 0 Å². The molecule has 29 heavy (non-hydrogen) atoms. The molecule has 6 heteroatoms. The quantitative estimate of drug-likeness (QED) is 0.545. The molecule has 1 N–H and O–H groups in total. The van der Waals surface area contributed by atoms with Gasteiger partial charge < -0.3 is 14.8 Å². The van der Waals surface area contributed by atoms with Crippen molar-refractivity contribution < 1.29 is 19.1 Å². The van der Waals surface area contributed by atoms with E-state index in [9.17, 15) is 9.59 Å². The third-order valence-electron chi connectivity index (χ3n) is 5.20. The van der Waals surface area contributed by atoms with Crippen LogP contribution in [0.5, 0.6) is 5.75 Å². The minimum Gasteiger partial charge on any atom is -0.494 e. The van der Waals surface area contributed by atoms with Gasteiger partial charge in [0, 0.05) is 17.4 Å². The van der Waals surface area contributed by atoms with E-state index in [0.717, 1.165) is 29.7 Å². The molecule has 0 unspecified atom stereocenters. The van der Waals surface area contributed by atoms with Crippen molar-refractivity contribution >= 4 is 28.2 Å². The molecule has 3 rings (SSSR count). The Morgan fingerprint density at radius 1 is 1.07 bits per heavy atom. The molecule has 0 bridgehead atoms. The van der Waals surface area contributed by atoms with Gasteiger partial charge in [-0.15, -0.1) is 11.3 Å². The Morgan fingerprint density at radius 3 is 2.45 bits per heavy atom. The molecule has 0 saturated heterocycles. The van der Waals surface area contributed by atoms with E-state index in [1.54, 1.807) is 6.92 Å². The zero-order valence-electron chi connectivity index (χ0n) is 17.2. The zero-order valence-corrected chi connectivity index (χ0v) is 18.0. The van der Waals surface area contributed by atoms with Crippen LogP contribution in [0.4, 0.5) is 5.00 Å². The summed E-state index contributed by atoms with van der Waals surface area (Å²) in [4.78, 5) is 25.3. The molecule has 1 saturated carbocycles. The van der Waals surface area contributed by atoms with Crippen molar-refractivity contribution in [1.29, 1.82) is 0 Å². The molecule has 1 aromatic carbocycles. The molecule has 1 fully saturated rings. The van der Waals surface area contributed by atoms with Crippen molar-refractivity contribution in [2.24, 2.45) is 5.92 Å². The Labute approximate surface area is 176 Å². The predicted molar refractivity (Wildman–Crippen MR) is 117 cm³/mol. The van der Waals surface area contributed by atoms with E-state index in [1.165, 1.54) is 30.6 Å². The summed E-state index contributed by atoms with van der Waals surface area (Å²) in [5.41, 5.74) is 2.09. The number of hydrogen-bond acceptors (Lipinski definition) is 5. The molecule has 1 aromatic heterocycles. The van der Waals surface area contributed by atoms with Gasteiger partial charge in [-0.3, -0.25) is 4.79 Å². The molecular weight excluding hydrogens is 386 g/mol. The summed E-state index contributed by atoms with van der Waals surface area (Å²) in [6.07, 6.45) is 6.40. The molecule has 2 aromatic rings. The number of amides is 1. The van der Waals surface area contributed by atoms with E-state index >= 15 is 0 Å². The van der Waals surface area contributed by atoms with Crippen LogP contribution >= 0.6 is 11.3 Å². The predicted octanol–water partition coefficient (Wildman–Crippen LogP) is 5.90. The van der Waals surface area contributed by atoms with Gasteiger partial charge in [-0.2, -0.15) is 0 Å². The summed E-state index contributed by atoms with van der Waals surface area (Å²) in [6.45, 7) is 4.60. The lowest BCUT2D eigenvalue weighted by Crippen LogP contribution is -2.19. The van der Waals surface area contributed by atoms with Crippen LogP contribution in [0.15, 0.2) is 29.6 Å². The molecule has 1 amide bonds. The Balaban J connectivity index is 1.81. The van der Waals surface area contributed by atoms with Crippen LogP contribution in [0.25, 0.3) is 11.1 Å². The lowest BCUT2D eigenvalue weighted by Gasteiger charge is -2.20. The van der Waals surface area contributed by atoms with Gasteiger partial charge >= 0.3 is 5.97 Å². The molecule has 0 aliphatic heterocycles. The van der Waals surface area contributed by atoms with Gasteiger partial charge in [-0.1, -0.05) is 31.4 Å². The fraction of sp³-hybridized carbons (Fsp3) is 0.478. The molecule has 1 heterocycles. The molecule has 5 nitrogen and oxygen atoms in total. The number of rotatable bonds is 8. The van der Waals surface area contributed by atoms with Crippen LogP contribution < -0.4 is 10.1 Å². The Hall–Kier alpha value is -2.34. The number of esters is 1. The topological polar surface area (TPSA) is 64.6 Å². The number of benzene rings is 1. The third-order valence-corrected chi connectivity index (χ3v) is 6.09. The normalized spacial score (nSPS) is 14.4. The van der Waals surface area contributed by atoms with E-state index in [2.05, 4.69) is 5.32 Å². The average Bonchev–Trinajstić information content (AvgIpc) is 3.13. The summed E-state index contributed by atoms with van der Waals surface area (Å²) in [6, 6.07) is 7.60. The van der Waals surface area contributed by atoms with Crippen molar-refractivity contribution in [3.05, 3.63) is 35.2 Å². The second-order valence-electron chi connectivity index (χ2n) is 7.29. The third kappa shape index (κ3) is 5.60. The first-order chi connectivity index (χ1) is 14.1. The summed E-state index contributed by atoms with van der Waals surface area (Å²) >= 11 is 1.37. The maximum absolute atomic E-state index is 12.7. The minimum absolute atomic E-state index is 0.0254. The summed E-state index contributed by atoms with van der Waals surface area (Å²) in [7, 11) is 0. The lowest BCUT2D eigenvalue weighted by molar-refractivity contribution is -0.117.